The van der Waals surface area contributed by atoms with Gasteiger partial charge in [-0.25, -0.2) is 9.97 Å². The molecule has 2 aliphatic heterocycles. The van der Waals surface area contributed by atoms with E-state index < -0.39 is 12.6 Å². The number of likely N-dealkylation sites (tertiary alicyclic amines) is 1. The SMILES string of the molecule is N#CC1=CC2CC(CN3CCC(Nc4ncnc5sc(CC(F)(F)F)cc45)CC3)CCC2N1CCO. The normalized spacial score (nSPS) is 25.6. The van der Waals surface area contributed by atoms with Crippen molar-refractivity contribution in [1.82, 2.24) is 19.8 Å². The highest BCUT2D eigenvalue weighted by Gasteiger charge is 2.39. The molecule has 11 heteroatoms. The van der Waals surface area contributed by atoms with Gasteiger partial charge in [0.1, 0.15) is 28.7 Å². The Bertz CT molecular complexity index is 1140. The summed E-state index contributed by atoms with van der Waals surface area (Å²) in [5.41, 5.74) is 0.710. The van der Waals surface area contributed by atoms with Gasteiger partial charge in [0.05, 0.1) is 18.4 Å². The van der Waals surface area contributed by atoms with Crippen molar-refractivity contribution in [2.45, 2.75) is 56.8 Å². The van der Waals surface area contributed by atoms with E-state index in [0.29, 0.717) is 46.2 Å². The van der Waals surface area contributed by atoms with E-state index in [1.807, 2.05) is 0 Å². The Morgan fingerprint density at radius 3 is 2.72 bits per heavy atom. The van der Waals surface area contributed by atoms with Crippen LogP contribution in [0, 0.1) is 23.2 Å². The summed E-state index contributed by atoms with van der Waals surface area (Å²) in [6.45, 7) is 3.58. The summed E-state index contributed by atoms with van der Waals surface area (Å²) in [7, 11) is 0. The summed E-state index contributed by atoms with van der Waals surface area (Å²) in [6, 6.07) is 4.44. The molecule has 3 aliphatic rings. The molecule has 7 nitrogen and oxygen atoms in total. The van der Waals surface area contributed by atoms with Crippen LogP contribution in [0.2, 0.25) is 0 Å². The third kappa shape index (κ3) is 5.61. The van der Waals surface area contributed by atoms with Gasteiger partial charge < -0.3 is 20.2 Å². The Balaban J connectivity index is 1.13. The molecule has 3 unspecified atom stereocenters. The molecule has 3 atom stereocenters. The quantitative estimate of drug-likeness (QED) is 0.567. The lowest BCUT2D eigenvalue weighted by Crippen LogP contribution is -2.44. The predicted octanol–water partition coefficient (Wildman–Crippen LogP) is 4.17. The largest absolute Gasteiger partial charge is 0.395 e. The summed E-state index contributed by atoms with van der Waals surface area (Å²) in [4.78, 5) is 13.9. The van der Waals surface area contributed by atoms with E-state index in [2.05, 4.69) is 37.2 Å². The fourth-order valence-corrected chi connectivity index (χ4v) is 7.13. The van der Waals surface area contributed by atoms with E-state index >= 15 is 0 Å². The molecule has 0 radical (unpaired) electrons. The molecule has 194 valence electrons. The Hall–Kier alpha value is -2.42. The number of alkyl halides is 3. The van der Waals surface area contributed by atoms with Gasteiger partial charge in [0.25, 0.3) is 0 Å². The van der Waals surface area contributed by atoms with Gasteiger partial charge in [-0.3, -0.25) is 0 Å². The molecular weight excluding hydrogens is 489 g/mol. The molecule has 1 aliphatic carbocycles. The van der Waals surface area contributed by atoms with Gasteiger partial charge in [0.2, 0.25) is 0 Å². The molecule has 0 aromatic carbocycles. The maximum atomic E-state index is 12.8. The number of rotatable bonds is 7. The number of thiophene rings is 1. The number of nitriles is 1. The zero-order valence-electron chi connectivity index (χ0n) is 20.0. The Morgan fingerprint density at radius 1 is 1.19 bits per heavy atom. The van der Waals surface area contributed by atoms with Crippen LogP contribution < -0.4 is 5.32 Å². The standard InChI is InChI=1S/C25H31F3N6OS/c26-25(27,28)12-20-11-21-23(30-15-31-24(21)36-20)32-18-3-5-33(6-4-18)14-16-1-2-22-17(9-16)10-19(13-29)34(22)7-8-35/h10-11,15-18,22,35H,1-9,12,14H2,(H,30,31,32). The van der Waals surface area contributed by atoms with Crippen molar-refractivity contribution in [3.05, 3.63) is 29.0 Å². The molecule has 2 aromatic rings. The summed E-state index contributed by atoms with van der Waals surface area (Å²) in [5.74, 6) is 1.60. The average Bonchev–Trinajstić information content (AvgIpc) is 3.40. The first-order chi connectivity index (χ1) is 17.3. The molecule has 0 bridgehead atoms. The monoisotopic (exact) mass is 520 g/mol. The van der Waals surface area contributed by atoms with E-state index in [9.17, 15) is 23.5 Å². The zero-order chi connectivity index (χ0) is 25.3. The number of aliphatic hydroxyl groups excluding tert-OH is 1. The molecule has 2 fully saturated rings. The Morgan fingerprint density at radius 2 is 2.00 bits per heavy atom. The fraction of sp³-hybridized carbons (Fsp3) is 0.640. The maximum Gasteiger partial charge on any atom is 0.393 e. The van der Waals surface area contributed by atoms with Crippen LogP contribution in [-0.2, 0) is 6.42 Å². The Kier molecular flexibility index (Phi) is 7.37. The van der Waals surface area contributed by atoms with Crippen molar-refractivity contribution in [2.75, 3.05) is 38.1 Å². The number of nitrogens with one attached hydrogen (secondary N) is 1. The number of piperidine rings is 1. The molecule has 4 heterocycles. The Labute approximate surface area is 212 Å². The van der Waals surface area contributed by atoms with Crippen LogP contribution in [0.3, 0.4) is 0 Å². The van der Waals surface area contributed by atoms with Crippen LogP contribution in [-0.4, -0.2) is 75.9 Å². The zero-order valence-corrected chi connectivity index (χ0v) is 20.9. The van der Waals surface area contributed by atoms with Crippen molar-refractivity contribution in [3.63, 3.8) is 0 Å². The van der Waals surface area contributed by atoms with Crippen molar-refractivity contribution in [3.8, 4) is 6.07 Å². The fourth-order valence-electron chi connectivity index (χ4n) is 6.11. The van der Waals surface area contributed by atoms with E-state index in [0.717, 1.165) is 63.1 Å². The second kappa shape index (κ2) is 10.5. The van der Waals surface area contributed by atoms with Gasteiger partial charge in [0, 0.05) is 49.1 Å². The van der Waals surface area contributed by atoms with E-state index in [-0.39, 0.29) is 17.5 Å². The van der Waals surface area contributed by atoms with Gasteiger partial charge >= 0.3 is 6.18 Å². The van der Waals surface area contributed by atoms with Crippen LogP contribution in [0.25, 0.3) is 10.2 Å². The predicted molar refractivity (Wildman–Crippen MR) is 132 cm³/mol. The first-order valence-corrected chi connectivity index (χ1v) is 13.4. The topological polar surface area (TPSA) is 88.3 Å². The van der Waals surface area contributed by atoms with Gasteiger partial charge in [-0.2, -0.15) is 18.4 Å². The third-order valence-corrected chi connectivity index (χ3v) is 8.75. The third-order valence-electron chi connectivity index (χ3n) is 7.71. The van der Waals surface area contributed by atoms with Crippen molar-refractivity contribution in [1.29, 1.82) is 5.26 Å². The number of hydrogen-bond donors (Lipinski definition) is 2. The molecule has 36 heavy (non-hydrogen) atoms. The lowest BCUT2D eigenvalue weighted by Gasteiger charge is -2.40. The highest BCUT2D eigenvalue weighted by atomic mass is 32.1. The number of allylic oxidation sites excluding steroid dienone is 1. The van der Waals surface area contributed by atoms with Crippen LogP contribution in [0.15, 0.2) is 24.2 Å². The number of aliphatic hydroxyl groups is 1. The highest BCUT2D eigenvalue weighted by molar-refractivity contribution is 7.18. The second-order valence-corrected chi connectivity index (χ2v) is 11.3. The number of halogens is 3. The molecular formula is C25H31F3N6OS. The molecule has 2 aromatic heterocycles. The molecule has 0 amide bonds. The molecule has 2 N–H and O–H groups in total. The number of β-amino-alcohol motifs (C(OH)–C–C–N with tert-alkyl or cyclic N) is 1. The summed E-state index contributed by atoms with van der Waals surface area (Å²) in [6.07, 6.45) is 3.50. The van der Waals surface area contributed by atoms with Crippen molar-refractivity contribution >= 4 is 27.4 Å². The number of aromatic nitrogens is 2. The van der Waals surface area contributed by atoms with Gasteiger partial charge in [-0.05, 0) is 50.2 Å². The van der Waals surface area contributed by atoms with E-state index in [1.54, 1.807) is 6.07 Å². The van der Waals surface area contributed by atoms with E-state index in [1.165, 1.54) is 6.33 Å². The van der Waals surface area contributed by atoms with Crippen LogP contribution in [0.5, 0.6) is 0 Å². The van der Waals surface area contributed by atoms with Gasteiger partial charge in [-0.15, -0.1) is 11.3 Å². The lowest BCUT2D eigenvalue weighted by molar-refractivity contribution is -0.126. The minimum atomic E-state index is -4.24. The van der Waals surface area contributed by atoms with Crippen LogP contribution in [0.4, 0.5) is 19.0 Å². The van der Waals surface area contributed by atoms with Crippen LogP contribution in [0.1, 0.15) is 37.0 Å². The first-order valence-electron chi connectivity index (χ1n) is 12.6. The second-order valence-electron chi connectivity index (χ2n) is 10.2. The number of fused-ring (bicyclic) bond motifs is 2. The smallest absolute Gasteiger partial charge is 0.393 e. The van der Waals surface area contributed by atoms with Gasteiger partial charge in [0.15, 0.2) is 0 Å². The van der Waals surface area contributed by atoms with E-state index in [4.69, 9.17) is 0 Å². The average molecular weight is 521 g/mol. The summed E-state index contributed by atoms with van der Waals surface area (Å²) < 4.78 is 38.5. The minimum absolute atomic E-state index is 0.0658. The van der Waals surface area contributed by atoms with Crippen molar-refractivity contribution in [2.24, 2.45) is 11.8 Å². The number of anilines is 1. The van der Waals surface area contributed by atoms with Gasteiger partial charge in [-0.1, -0.05) is 0 Å². The molecule has 1 saturated carbocycles. The maximum absolute atomic E-state index is 12.8. The summed E-state index contributed by atoms with van der Waals surface area (Å²) >= 11 is 1.07. The first kappa shape index (κ1) is 25.2. The number of nitrogens with zero attached hydrogens (tertiary/aromatic N) is 5. The van der Waals surface area contributed by atoms with Crippen molar-refractivity contribution < 1.29 is 18.3 Å². The molecule has 1 saturated heterocycles. The molecule has 5 rings (SSSR count). The molecule has 0 spiro atoms. The lowest BCUT2D eigenvalue weighted by atomic mass is 9.78. The highest BCUT2D eigenvalue weighted by Crippen LogP contribution is 2.40. The van der Waals surface area contributed by atoms with Crippen LogP contribution >= 0.6 is 11.3 Å². The minimum Gasteiger partial charge on any atom is -0.395 e. The summed E-state index contributed by atoms with van der Waals surface area (Å²) in [5, 5.41) is 23.0. The number of hydrogen-bond acceptors (Lipinski definition) is 8.